The smallest absolute Gasteiger partial charge is 0.270 e. The summed E-state index contributed by atoms with van der Waals surface area (Å²) in [5.41, 5.74) is 1.49. The van der Waals surface area contributed by atoms with Gasteiger partial charge in [-0.25, -0.2) is 0 Å². The van der Waals surface area contributed by atoms with E-state index in [0.717, 1.165) is 25.9 Å². The maximum atomic E-state index is 12.5. The molecular weight excluding hydrogens is 372 g/mol. The third-order valence-corrected chi connectivity index (χ3v) is 4.81. The van der Waals surface area contributed by atoms with Crippen molar-refractivity contribution in [2.45, 2.75) is 12.8 Å². The lowest BCUT2D eigenvalue weighted by Crippen LogP contribution is -2.34. The lowest BCUT2D eigenvalue weighted by atomic mass is 10.2. The molecule has 0 radical (unpaired) electrons. The number of anilines is 1. The van der Waals surface area contributed by atoms with Crippen LogP contribution in [0.1, 0.15) is 33.7 Å². The van der Waals surface area contributed by atoms with Gasteiger partial charge in [-0.1, -0.05) is 6.07 Å². The van der Waals surface area contributed by atoms with Crippen LogP contribution in [0.25, 0.3) is 0 Å². The Balaban J connectivity index is 1.51. The van der Waals surface area contributed by atoms with Crippen molar-refractivity contribution in [3.8, 4) is 5.75 Å². The molecule has 1 aromatic heterocycles. The number of methoxy groups -OCH3 is 1. The Kier molecular flexibility index (Phi) is 6.66. The van der Waals surface area contributed by atoms with E-state index in [2.05, 4.69) is 10.3 Å². The number of aromatic nitrogens is 1. The van der Waals surface area contributed by atoms with Gasteiger partial charge in [0, 0.05) is 36.6 Å². The largest absolute Gasteiger partial charge is 0.497 e. The van der Waals surface area contributed by atoms with E-state index in [1.165, 1.54) is 0 Å². The quantitative estimate of drug-likeness (QED) is 0.664. The Hall–Kier alpha value is -3.13. The maximum absolute atomic E-state index is 12.5. The zero-order chi connectivity index (χ0) is 20.8. The van der Waals surface area contributed by atoms with Crippen molar-refractivity contribution < 1.29 is 19.1 Å². The van der Waals surface area contributed by atoms with Crippen LogP contribution in [0.15, 0.2) is 36.5 Å². The van der Waals surface area contributed by atoms with Crippen LogP contribution in [-0.4, -0.2) is 72.7 Å². The van der Waals surface area contributed by atoms with Gasteiger partial charge >= 0.3 is 0 Å². The molecule has 1 aliphatic heterocycles. The fraction of sp³-hybridized carbons (Fsp3) is 0.381. The summed E-state index contributed by atoms with van der Waals surface area (Å²) in [5.74, 6) is 0.191. The van der Waals surface area contributed by atoms with Crippen molar-refractivity contribution in [1.29, 1.82) is 0 Å². The molecule has 2 heterocycles. The van der Waals surface area contributed by atoms with Gasteiger partial charge in [-0.05, 0) is 38.1 Å². The maximum Gasteiger partial charge on any atom is 0.270 e. The van der Waals surface area contributed by atoms with Crippen molar-refractivity contribution in [1.82, 2.24) is 14.8 Å². The lowest BCUT2D eigenvalue weighted by molar-refractivity contribution is -0.116. The SMILES string of the molecule is COc1cccc(NC(=O)CN(C)CC(=O)c2c[nH]c(C(=O)N3CCCC3)c2)c1. The molecule has 0 bridgehead atoms. The summed E-state index contributed by atoms with van der Waals surface area (Å²) in [6.07, 6.45) is 3.58. The predicted molar refractivity (Wildman–Crippen MR) is 109 cm³/mol. The summed E-state index contributed by atoms with van der Waals surface area (Å²) in [5, 5.41) is 2.78. The second-order valence-electron chi connectivity index (χ2n) is 7.18. The Morgan fingerprint density at radius 1 is 1.17 bits per heavy atom. The van der Waals surface area contributed by atoms with Gasteiger partial charge in [-0.15, -0.1) is 0 Å². The summed E-state index contributed by atoms with van der Waals surface area (Å²) in [7, 11) is 3.26. The molecule has 3 rings (SSSR count). The zero-order valence-electron chi connectivity index (χ0n) is 16.7. The van der Waals surface area contributed by atoms with Crippen molar-refractivity contribution in [3.05, 3.63) is 47.8 Å². The third kappa shape index (κ3) is 5.45. The first-order chi connectivity index (χ1) is 14.0. The molecule has 2 N–H and O–H groups in total. The van der Waals surface area contributed by atoms with Crippen LogP contribution in [0.5, 0.6) is 5.75 Å². The van der Waals surface area contributed by atoms with Gasteiger partial charge in [-0.2, -0.15) is 0 Å². The van der Waals surface area contributed by atoms with Crippen LogP contribution in [0, 0.1) is 0 Å². The summed E-state index contributed by atoms with van der Waals surface area (Å²) in [6.45, 7) is 1.65. The van der Waals surface area contributed by atoms with E-state index < -0.39 is 0 Å². The predicted octanol–water partition coefficient (Wildman–Crippen LogP) is 2.01. The normalized spacial score (nSPS) is 13.6. The minimum Gasteiger partial charge on any atom is -0.497 e. The van der Waals surface area contributed by atoms with E-state index in [4.69, 9.17) is 4.74 Å². The highest BCUT2D eigenvalue weighted by Gasteiger charge is 2.22. The Morgan fingerprint density at radius 2 is 1.93 bits per heavy atom. The molecule has 29 heavy (non-hydrogen) atoms. The highest BCUT2D eigenvalue weighted by atomic mass is 16.5. The number of Topliss-reactive ketones (excluding diaryl/α,β-unsaturated/α-hetero) is 1. The van der Waals surface area contributed by atoms with Gasteiger partial charge < -0.3 is 19.9 Å². The number of ketones is 1. The summed E-state index contributed by atoms with van der Waals surface area (Å²) >= 11 is 0. The molecule has 154 valence electrons. The number of nitrogens with one attached hydrogen (secondary N) is 2. The fourth-order valence-corrected chi connectivity index (χ4v) is 3.31. The average Bonchev–Trinajstić information content (AvgIpc) is 3.39. The topological polar surface area (TPSA) is 94.7 Å². The first kappa shape index (κ1) is 20.6. The average molecular weight is 398 g/mol. The van der Waals surface area contributed by atoms with Crippen molar-refractivity contribution in [3.63, 3.8) is 0 Å². The number of likely N-dealkylation sites (tertiary alicyclic amines) is 1. The van der Waals surface area contributed by atoms with Crippen LogP contribution in [0.4, 0.5) is 5.69 Å². The summed E-state index contributed by atoms with van der Waals surface area (Å²) < 4.78 is 5.13. The summed E-state index contributed by atoms with van der Waals surface area (Å²) in [6, 6.07) is 8.66. The molecule has 8 heteroatoms. The number of hydrogen-bond donors (Lipinski definition) is 2. The second kappa shape index (κ2) is 9.38. The van der Waals surface area contributed by atoms with Crippen LogP contribution >= 0.6 is 0 Å². The Morgan fingerprint density at radius 3 is 2.66 bits per heavy atom. The van der Waals surface area contributed by atoms with E-state index >= 15 is 0 Å². The van der Waals surface area contributed by atoms with Crippen LogP contribution in [0.3, 0.4) is 0 Å². The summed E-state index contributed by atoms with van der Waals surface area (Å²) in [4.78, 5) is 43.4. The third-order valence-electron chi connectivity index (χ3n) is 4.81. The van der Waals surface area contributed by atoms with Crippen molar-refractivity contribution >= 4 is 23.3 Å². The van der Waals surface area contributed by atoms with Crippen LogP contribution in [0.2, 0.25) is 0 Å². The number of nitrogens with zero attached hydrogens (tertiary/aromatic N) is 2. The lowest BCUT2D eigenvalue weighted by Gasteiger charge is -2.15. The molecule has 0 unspecified atom stereocenters. The Labute approximate surface area is 169 Å². The van der Waals surface area contributed by atoms with Crippen molar-refractivity contribution in [2.75, 3.05) is 45.7 Å². The minimum atomic E-state index is -0.229. The highest BCUT2D eigenvalue weighted by Crippen LogP contribution is 2.17. The molecule has 8 nitrogen and oxygen atoms in total. The highest BCUT2D eigenvalue weighted by molar-refractivity contribution is 6.01. The first-order valence-corrected chi connectivity index (χ1v) is 9.59. The number of H-pyrrole nitrogens is 1. The van der Waals surface area contributed by atoms with E-state index in [1.807, 2.05) is 0 Å². The zero-order valence-corrected chi connectivity index (χ0v) is 16.7. The number of amides is 2. The van der Waals surface area contributed by atoms with E-state index in [0.29, 0.717) is 22.7 Å². The van der Waals surface area contributed by atoms with Gasteiger partial charge in [0.1, 0.15) is 11.4 Å². The van der Waals surface area contributed by atoms with E-state index in [9.17, 15) is 14.4 Å². The number of likely N-dealkylation sites (N-methyl/N-ethyl adjacent to an activating group) is 1. The molecule has 0 spiro atoms. The molecule has 2 amide bonds. The number of benzene rings is 1. The number of ether oxygens (including phenoxy) is 1. The number of aromatic amines is 1. The van der Waals surface area contributed by atoms with Gasteiger partial charge in [0.05, 0.1) is 20.2 Å². The monoisotopic (exact) mass is 398 g/mol. The minimum absolute atomic E-state index is 0.0624. The first-order valence-electron chi connectivity index (χ1n) is 9.59. The number of rotatable bonds is 8. The molecule has 0 atom stereocenters. The van der Waals surface area contributed by atoms with Crippen LogP contribution < -0.4 is 10.1 Å². The van der Waals surface area contributed by atoms with Crippen molar-refractivity contribution in [2.24, 2.45) is 0 Å². The fourth-order valence-electron chi connectivity index (χ4n) is 3.31. The number of carbonyl (C=O) groups excluding carboxylic acids is 3. The van der Waals surface area contributed by atoms with E-state index in [-0.39, 0.29) is 30.7 Å². The van der Waals surface area contributed by atoms with Gasteiger partial charge in [0.2, 0.25) is 5.91 Å². The molecule has 0 aliphatic carbocycles. The molecular formula is C21H26N4O4. The van der Waals surface area contributed by atoms with Gasteiger partial charge in [-0.3, -0.25) is 19.3 Å². The number of hydrogen-bond acceptors (Lipinski definition) is 5. The standard InChI is InChI=1S/C21H26N4O4/c1-24(14-20(27)23-16-6-5-7-17(11-16)29-2)13-19(26)15-10-18(22-12-15)21(28)25-8-3-4-9-25/h5-7,10-12,22H,3-4,8-9,13-14H2,1-2H3,(H,23,27). The van der Waals surface area contributed by atoms with E-state index in [1.54, 1.807) is 60.5 Å². The number of carbonyl (C=O) groups is 3. The molecule has 1 saturated heterocycles. The van der Waals surface area contributed by atoms with Crippen LogP contribution in [-0.2, 0) is 4.79 Å². The molecule has 0 saturated carbocycles. The Bertz CT molecular complexity index is 886. The molecule has 1 aromatic carbocycles. The molecule has 1 fully saturated rings. The molecule has 1 aliphatic rings. The van der Waals surface area contributed by atoms with Gasteiger partial charge in [0.15, 0.2) is 5.78 Å². The second-order valence-corrected chi connectivity index (χ2v) is 7.18. The van der Waals surface area contributed by atoms with Gasteiger partial charge in [0.25, 0.3) is 5.91 Å². The molecule has 2 aromatic rings.